The van der Waals surface area contributed by atoms with E-state index in [0.29, 0.717) is 22.7 Å². The summed E-state index contributed by atoms with van der Waals surface area (Å²) in [6.07, 6.45) is 1.63. The van der Waals surface area contributed by atoms with Crippen LogP contribution in [-0.4, -0.2) is 19.9 Å². The average molecular weight is 453 g/mol. The lowest BCUT2D eigenvalue weighted by Gasteiger charge is -2.11. The zero-order valence-electron chi connectivity index (χ0n) is 14.5. The fourth-order valence-electron chi connectivity index (χ4n) is 2.69. The number of halogens is 1. The average Bonchev–Trinajstić information content (AvgIpc) is 3.03. The molecule has 3 rings (SSSR count). The summed E-state index contributed by atoms with van der Waals surface area (Å²) in [4.78, 5) is 4.96. The molecule has 1 unspecified atom stereocenters. The van der Waals surface area contributed by atoms with Gasteiger partial charge in [-0.15, -0.1) is 11.3 Å². The SMILES string of the molecule is CC(CCNS(=O)(=O)c1ccc(CBr)cc1)Cc1nc2ccccc2s1. The quantitative estimate of drug-likeness (QED) is 0.502. The van der Waals surface area contributed by atoms with Crippen LogP contribution in [0, 0.1) is 5.92 Å². The van der Waals surface area contributed by atoms with Crippen molar-refractivity contribution in [2.24, 2.45) is 5.92 Å². The number of sulfonamides is 1. The summed E-state index contributed by atoms with van der Waals surface area (Å²) in [5.41, 5.74) is 2.08. The van der Waals surface area contributed by atoms with Crippen LogP contribution in [0.3, 0.4) is 0 Å². The molecule has 7 heteroatoms. The Morgan fingerprint density at radius 3 is 2.58 bits per heavy atom. The monoisotopic (exact) mass is 452 g/mol. The van der Waals surface area contributed by atoms with Crippen molar-refractivity contribution in [1.82, 2.24) is 9.71 Å². The molecule has 1 heterocycles. The van der Waals surface area contributed by atoms with Crippen molar-refractivity contribution in [3.05, 3.63) is 59.1 Å². The predicted octanol–water partition coefficient (Wildman–Crippen LogP) is 4.74. The van der Waals surface area contributed by atoms with E-state index in [1.807, 2.05) is 30.3 Å². The van der Waals surface area contributed by atoms with E-state index in [0.717, 1.165) is 28.9 Å². The van der Waals surface area contributed by atoms with E-state index < -0.39 is 10.0 Å². The zero-order valence-corrected chi connectivity index (χ0v) is 17.7. The Balaban J connectivity index is 1.52. The maximum atomic E-state index is 12.4. The highest BCUT2D eigenvalue weighted by atomic mass is 79.9. The summed E-state index contributed by atoms with van der Waals surface area (Å²) >= 11 is 5.07. The van der Waals surface area contributed by atoms with Crippen LogP contribution in [0.1, 0.15) is 23.9 Å². The Hall–Kier alpha value is -1.28. The molecule has 0 bridgehead atoms. The van der Waals surface area contributed by atoms with Crippen LogP contribution < -0.4 is 4.72 Å². The predicted molar refractivity (Wildman–Crippen MR) is 111 cm³/mol. The zero-order chi connectivity index (χ0) is 18.6. The second-order valence-electron chi connectivity index (χ2n) is 6.35. The molecular weight excluding hydrogens is 432 g/mol. The van der Waals surface area contributed by atoms with Crippen LogP contribution in [0.15, 0.2) is 53.4 Å². The molecule has 1 aromatic heterocycles. The Morgan fingerprint density at radius 2 is 1.88 bits per heavy atom. The fourth-order valence-corrected chi connectivity index (χ4v) is 5.24. The van der Waals surface area contributed by atoms with E-state index in [9.17, 15) is 8.42 Å². The molecule has 0 aliphatic carbocycles. The molecule has 1 N–H and O–H groups in total. The van der Waals surface area contributed by atoms with Crippen LogP contribution in [-0.2, 0) is 21.8 Å². The second-order valence-corrected chi connectivity index (χ2v) is 9.79. The highest BCUT2D eigenvalue weighted by Crippen LogP contribution is 2.24. The summed E-state index contributed by atoms with van der Waals surface area (Å²) < 4.78 is 28.6. The number of hydrogen-bond acceptors (Lipinski definition) is 4. The minimum Gasteiger partial charge on any atom is -0.241 e. The number of rotatable bonds is 8. The van der Waals surface area contributed by atoms with E-state index in [1.165, 1.54) is 4.70 Å². The number of alkyl halides is 1. The third-order valence-corrected chi connectivity index (χ3v) is 7.36. The summed E-state index contributed by atoms with van der Waals surface area (Å²) in [7, 11) is -3.45. The van der Waals surface area contributed by atoms with Crippen molar-refractivity contribution < 1.29 is 8.42 Å². The lowest BCUT2D eigenvalue weighted by atomic mass is 10.1. The molecule has 2 aromatic carbocycles. The van der Waals surface area contributed by atoms with Gasteiger partial charge in [-0.2, -0.15) is 0 Å². The molecule has 138 valence electrons. The first kappa shape index (κ1) is 19.5. The van der Waals surface area contributed by atoms with Crippen molar-refractivity contribution in [2.75, 3.05) is 6.54 Å². The van der Waals surface area contributed by atoms with Crippen LogP contribution in [0.4, 0.5) is 0 Å². The van der Waals surface area contributed by atoms with Gasteiger partial charge in [-0.3, -0.25) is 0 Å². The molecule has 0 amide bonds. The second kappa shape index (κ2) is 8.61. The molecule has 0 saturated heterocycles. The highest BCUT2D eigenvalue weighted by molar-refractivity contribution is 9.08. The first-order valence-corrected chi connectivity index (χ1v) is 11.9. The minimum atomic E-state index is -3.45. The van der Waals surface area contributed by atoms with Gasteiger partial charge in [-0.1, -0.05) is 47.1 Å². The number of hydrogen-bond donors (Lipinski definition) is 1. The fraction of sp³-hybridized carbons (Fsp3) is 0.316. The van der Waals surface area contributed by atoms with Gasteiger partial charge in [0.2, 0.25) is 10.0 Å². The molecule has 26 heavy (non-hydrogen) atoms. The maximum absolute atomic E-state index is 12.4. The van der Waals surface area contributed by atoms with Crippen LogP contribution >= 0.6 is 27.3 Å². The van der Waals surface area contributed by atoms with Crippen molar-refractivity contribution in [2.45, 2.75) is 30.0 Å². The van der Waals surface area contributed by atoms with Crippen molar-refractivity contribution in [1.29, 1.82) is 0 Å². The topological polar surface area (TPSA) is 59.1 Å². The maximum Gasteiger partial charge on any atom is 0.240 e. The Morgan fingerprint density at radius 1 is 1.15 bits per heavy atom. The van der Waals surface area contributed by atoms with Crippen LogP contribution in [0.2, 0.25) is 0 Å². The van der Waals surface area contributed by atoms with Crippen LogP contribution in [0.5, 0.6) is 0 Å². The molecule has 0 aliphatic heterocycles. The molecule has 0 aliphatic rings. The number of benzene rings is 2. The van der Waals surface area contributed by atoms with Crippen LogP contribution in [0.25, 0.3) is 10.2 Å². The van der Waals surface area contributed by atoms with E-state index in [2.05, 4.69) is 38.6 Å². The normalized spacial score (nSPS) is 13.2. The van der Waals surface area contributed by atoms with E-state index in [4.69, 9.17) is 0 Å². The lowest BCUT2D eigenvalue weighted by Crippen LogP contribution is -2.26. The van der Waals surface area contributed by atoms with Gasteiger partial charge in [0.05, 0.1) is 20.1 Å². The number of nitrogens with zero attached hydrogens (tertiary/aromatic N) is 1. The molecule has 0 saturated carbocycles. The first-order valence-electron chi connectivity index (χ1n) is 8.47. The van der Waals surface area contributed by atoms with Gasteiger partial charge in [0, 0.05) is 18.3 Å². The van der Waals surface area contributed by atoms with Gasteiger partial charge in [-0.05, 0) is 42.2 Å². The number of thiazole rings is 1. The van der Waals surface area contributed by atoms with Gasteiger partial charge >= 0.3 is 0 Å². The summed E-state index contributed by atoms with van der Waals surface area (Å²) in [5, 5.41) is 1.82. The van der Waals surface area contributed by atoms with Crippen molar-refractivity contribution in [3.8, 4) is 0 Å². The molecule has 3 aromatic rings. The lowest BCUT2D eigenvalue weighted by molar-refractivity contribution is 0.517. The number of para-hydroxylation sites is 1. The largest absolute Gasteiger partial charge is 0.241 e. The number of fused-ring (bicyclic) bond motifs is 1. The summed E-state index contributed by atoms with van der Waals surface area (Å²) in [6, 6.07) is 15.0. The van der Waals surface area contributed by atoms with Gasteiger partial charge in [0.15, 0.2) is 0 Å². The Bertz CT molecular complexity index is 936. The molecule has 0 fully saturated rings. The van der Waals surface area contributed by atoms with Crippen molar-refractivity contribution >= 4 is 47.5 Å². The van der Waals surface area contributed by atoms with E-state index in [1.54, 1.807) is 23.5 Å². The van der Waals surface area contributed by atoms with E-state index in [-0.39, 0.29) is 0 Å². The Labute approximate surface area is 166 Å². The molecule has 0 spiro atoms. The Kier molecular flexibility index (Phi) is 6.45. The summed E-state index contributed by atoms with van der Waals surface area (Å²) in [6.45, 7) is 2.56. The number of aromatic nitrogens is 1. The summed E-state index contributed by atoms with van der Waals surface area (Å²) in [5.74, 6) is 0.356. The third-order valence-electron chi connectivity index (χ3n) is 4.18. The molecular formula is C19H21BrN2O2S2. The van der Waals surface area contributed by atoms with Crippen molar-refractivity contribution in [3.63, 3.8) is 0 Å². The van der Waals surface area contributed by atoms with Gasteiger partial charge in [0.25, 0.3) is 0 Å². The molecule has 0 radical (unpaired) electrons. The first-order chi connectivity index (χ1) is 12.5. The van der Waals surface area contributed by atoms with E-state index >= 15 is 0 Å². The van der Waals surface area contributed by atoms with Gasteiger partial charge < -0.3 is 0 Å². The van der Waals surface area contributed by atoms with Gasteiger partial charge in [-0.25, -0.2) is 18.1 Å². The minimum absolute atomic E-state index is 0.307. The molecule has 1 atom stereocenters. The van der Waals surface area contributed by atoms with Gasteiger partial charge in [0.1, 0.15) is 0 Å². The number of nitrogens with one attached hydrogen (secondary N) is 1. The standard InChI is InChI=1S/C19H21BrN2O2S2/c1-14(12-19-22-17-4-2-3-5-18(17)25-19)10-11-21-26(23,24)16-8-6-15(13-20)7-9-16/h2-9,14,21H,10-13H2,1H3. The molecule has 4 nitrogen and oxygen atoms in total. The smallest absolute Gasteiger partial charge is 0.240 e. The highest BCUT2D eigenvalue weighted by Gasteiger charge is 2.15. The third kappa shape index (κ3) is 4.91.